The Labute approximate surface area is 118 Å². The lowest BCUT2D eigenvalue weighted by molar-refractivity contribution is -0.149. The Kier molecular flexibility index (Phi) is 4.21. The van der Waals surface area contributed by atoms with Gasteiger partial charge in [0, 0.05) is 12.3 Å². The highest BCUT2D eigenvalue weighted by Gasteiger charge is 2.52. The molecule has 0 saturated carbocycles. The number of hydrogen-bond acceptors (Lipinski definition) is 3. The Bertz CT molecular complexity index is 447. The normalized spacial score (nSPS) is 26.0. The Hall–Kier alpha value is -1.00. The fourth-order valence-electron chi connectivity index (χ4n) is 2.53. The van der Waals surface area contributed by atoms with Crippen LogP contribution in [0.5, 0.6) is 0 Å². The molecule has 104 valence electrons. The maximum Gasteiger partial charge on any atom is 0.325 e. The minimum atomic E-state index is -0.842. The molecule has 0 spiro atoms. The lowest BCUT2D eigenvalue weighted by Crippen LogP contribution is -2.64. The first-order valence-corrected chi connectivity index (χ1v) is 7.73. The van der Waals surface area contributed by atoms with E-state index in [-0.39, 0.29) is 5.41 Å². The van der Waals surface area contributed by atoms with E-state index in [2.05, 4.69) is 19.2 Å². The fourth-order valence-corrected chi connectivity index (χ4v) is 4.25. The van der Waals surface area contributed by atoms with Gasteiger partial charge in [0.15, 0.2) is 0 Å². The third-order valence-corrected chi connectivity index (χ3v) is 5.28. The van der Waals surface area contributed by atoms with Gasteiger partial charge in [0.1, 0.15) is 5.54 Å². The summed E-state index contributed by atoms with van der Waals surface area (Å²) in [6.45, 7) is 4.70. The topological polar surface area (TPSA) is 49.3 Å². The van der Waals surface area contributed by atoms with E-state index in [0.717, 1.165) is 17.7 Å². The molecule has 0 aromatic heterocycles. The molecule has 1 aromatic carbocycles. The Morgan fingerprint density at radius 3 is 2.63 bits per heavy atom. The highest BCUT2D eigenvalue weighted by molar-refractivity contribution is 7.99. The number of hydrogen-bond donors (Lipinski definition) is 2. The molecule has 3 nitrogen and oxygen atoms in total. The van der Waals surface area contributed by atoms with Gasteiger partial charge in [0.2, 0.25) is 0 Å². The monoisotopic (exact) mass is 279 g/mol. The highest BCUT2D eigenvalue weighted by atomic mass is 32.2. The second kappa shape index (κ2) is 5.55. The average molecular weight is 279 g/mol. The second-order valence-corrected chi connectivity index (χ2v) is 6.84. The van der Waals surface area contributed by atoms with Gasteiger partial charge in [-0.15, -0.1) is 0 Å². The van der Waals surface area contributed by atoms with Crippen molar-refractivity contribution in [1.29, 1.82) is 0 Å². The predicted octanol–water partition coefficient (Wildman–Crippen LogP) is 2.76. The van der Waals surface area contributed by atoms with Gasteiger partial charge in [-0.25, -0.2) is 0 Å². The van der Waals surface area contributed by atoms with Crippen LogP contribution in [0.25, 0.3) is 0 Å². The Morgan fingerprint density at radius 2 is 2.05 bits per heavy atom. The third-order valence-electron chi connectivity index (χ3n) is 4.15. The number of aliphatic carboxylic acids is 1. The zero-order valence-electron chi connectivity index (χ0n) is 11.5. The number of rotatable bonds is 4. The summed E-state index contributed by atoms with van der Waals surface area (Å²) in [6, 6.07) is 9.96. The van der Waals surface area contributed by atoms with Gasteiger partial charge in [-0.1, -0.05) is 44.2 Å². The summed E-state index contributed by atoms with van der Waals surface area (Å²) in [5.41, 5.74) is 0.0412. The molecule has 1 fully saturated rings. The van der Waals surface area contributed by atoms with Crippen molar-refractivity contribution in [3.05, 3.63) is 35.9 Å². The molecule has 1 aromatic rings. The minimum absolute atomic E-state index is 0.237. The number of carboxylic acid groups (broad SMARTS) is 1. The van der Waals surface area contributed by atoms with E-state index in [1.165, 1.54) is 0 Å². The van der Waals surface area contributed by atoms with Crippen molar-refractivity contribution in [2.75, 3.05) is 11.5 Å². The zero-order chi connectivity index (χ0) is 13.9. The van der Waals surface area contributed by atoms with Crippen LogP contribution in [0.1, 0.15) is 25.8 Å². The predicted molar refractivity (Wildman–Crippen MR) is 79.4 cm³/mol. The molecule has 1 heterocycles. The van der Waals surface area contributed by atoms with E-state index >= 15 is 0 Å². The largest absolute Gasteiger partial charge is 0.480 e. The SMILES string of the molecule is CC1(C)CCSCC1(NCc1ccccc1)C(=O)O. The molecule has 1 atom stereocenters. The highest BCUT2D eigenvalue weighted by Crippen LogP contribution is 2.42. The molecule has 2 rings (SSSR count). The molecule has 0 amide bonds. The van der Waals surface area contributed by atoms with Gasteiger partial charge in [-0.2, -0.15) is 11.8 Å². The van der Waals surface area contributed by atoms with Gasteiger partial charge in [-0.3, -0.25) is 10.1 Å². The van der Waals surface area contributed by atoms with Crippen molar-refractivity contribution in [2.45, 2.75) is 32.4 Å². The first-order chi connectivity index (χ1) is 8.98. The van der Waals surface area contributed by atoms with E-state index in [0.29, 0.717) is 12.3 Å². The van der Waals surface area contributed by atoms with Crippen LogP contribution in [0.15, 0.2) is 30.3 Å². The summed E-state index contributed by atoms with van der Waals surface area (Å²) in [7, 11) is 0. The number of carbonyl (C=O) groups is 1. The van der Waals surface area contributed by atoms with Crippen molar-refractivity contribution >= 4 is 17.7 Å². The van der Waals surface area contributed by atoms with Gasteiger partial charge >= 0.3 is 5.97 Å². The first kappa shape index (κ1) is 14.4. The van der Waals surface area contributed by atoms with Gasteiger partial charge in [0.05, 0.1) is 0 Å². The van der Waals surface area contributed by atoms with Gasteiger partial charge < -0.3 is 5.11 Å². The standard InChI is InChI=1S/C15H21NO2S/c1-14(2)8-9-19-11-15(14,13(17)18)16-10-12-6-4-3-5-7-12/h3-7,16H,8-11H2,1-2H3,(H,17,18). The molecule has 1 aliphatic heterocycles. The summed E-state index contributed by atoms with van der Waals surface area (Å²) >= 11 is 1.72. The van der Waals surface area contributed by atoms with Gasteiger partial charge in [0.25, 0.3) is 0 Å². The van der Waals surface area contributed by atoms with Crippen LogP contribution in [-0.4, -0.2) is 28.1 Å². The smallest absolute Gasteiger partial charge is 0.325 e. The first-order valence-electron chi connectivity index (χ1n) is 6.58. The Morgan fingerprint density at radius 1 is 1.37 bits per heavy atom. The molecule has 1 saturated heterocycles. The maximum atomic E-state index is 11.8. The van der Waals surface area contributed by atoms with E-state index < -0.39 is 11.5 Å². The van der Waals surface area contributed by atoms with Crippen LogP contribution in [0.4, 0.5) is 0 Å². The van der Waals surface area contributed by atoms with Crippen molar-refractivity contribution in [2.24, 2.45) is 5.41 Å². The molecule has 0 radical (unpaired) electrons. The average Bonchev–Trinajstić information content (AvgIpc) is 2.38. The summed E-state index contributed by atoms with van der Waals surface area (Å²) in [4.78, 5) is 11.8. The lowest BCUT2D eigenvalue weighted by atomic mass is 9.70. The number of benzene rings is 1. The molecule has 0 bridgehead atoms. The summed E-state index contributed by atoms with van der Waals surface area (Å²) in [6.07, 6.45) is 0.922. The third kappa shape index (κ3) is 2.79. The quantitative estimate of drug-likeness (QED) is 0.890. The van der Waals surface area contributed by atoms with E-state index in [9.17, 15) is 9.90 Å². The Balaban J connectivity index is 2.18. The minimum Gasteiger partial charge on any atom is -0.480 e. The molecular formula is C15H21NO2S. The molecule has 19 heavy (non-hydrogen) atoms. The van der Waals surface area contributed by atoms with E-state index in [1.54, 1.807) is 11.8 Å². The number of thioether (sulfide) groups is 1. The van der Waals surface area contributed by atoms with Crippen LogP contribution in [0.3, 0.4) is 0 Å². The number of nitrogens with one attached hydrogen (secondary N) is 1. The van der Waals surface area contributed by atoms with Crippen LogP contribution in [-0.2, 0) is 11.3 Å². The summed E-state index contributed by atoms with van der Waals surface area (Å²) < 4.78 is 0. The van der Waals surface area contributed by atoms with Gasteiger partial charge in [-0.05, 0) is 23.2 Å². The molecular weight excluding hydrogens is 258 g/mol. The van der Waals surface area contributed by atoms with Crippen LogP contribution in [0, 0.1) is 5.41 Å². The molecule has 0 aliphatic carbocycles. The maximum absolute atomic E-state index is 11.8. The molecule has 4 heteroatoms. The lowest BCUT2D eigenvalue weighted by Gasteiger charge is -2.47. The molecule has 2 N–H and O–H groups in total. The number of carboxylic acids is 1. The summed E-state index contributed by atoms with van der Waals surface area (Å²) in [5, 5.41) is 13.0. The van der Waals surface area contributed by atoms with E-state index in [1.807, 2.05) is 30.3 Å². The molecule has 1 aliphatic rings. The van der Waals surface area contributed by atoms with Crippen molar-refractivity contribution < 1.29 is 9.90 Å². The van der Waals surface area contributed by atoms with Crippen molar-refractivity contribution in [3.8, 4) is 0 Å². The van der Waals surface area contributed by atoms with Crippen LogP contribution < -0.4 is 5.32 Å². The fraction of sp³-hybridized carbons (Fsp3) is 0.533. The summed E-state index contributed by atoms with van der Waals surface area (Å²) in [5.74, 6) is 0.928. The van der Waals surface area contributed by atoms with Crippen LogP contribution in [0.2, 0.25) is 0 Å². The zero-order valence-corrected chi connectivity index (χ0v) is 12.3. The van der Waals surface area contributed by atoms with Crippen LogP contribution >= 0.6 is 11.8 Å². The van der Waals surface area contributed by atoms with Crippen molar-refractivity contribution in [3.63, 3.8) is 0 Å². The van der Waals surface area contributed by atoms with Crippen molar-refractivity contribution in [1.82, 2.24) is 5.32 Å². The molecule has 1 unspecified atom stereocenters. The second-order valence-electron chi connectivity index (χ2n) is 5.74. The van der Waals surface area contributed by atoms with E-state index in [4.69, 9.17) is 0 Å².